The molecule has 176 valence electrons. The summed E-state index contributed by atoms with van der Waals surface area (Å²) in [6.45, 7) is 2.75. The molecule has 1 aliphatic heterocycles. The molecule has 1 aromatic heterocycles. The normalized spacial score (nSPS) is 11.8. The van der Waals surface area contributed by atoms with Crippen molar-refractivity contribution in [2.24, 2.45) is 0 Å². The number of aromatic nitrogens is 3. The summed E-state index contributed by atoms with van der Waals surface area (Å²) >= 11 is 1.20. The topological polar surface area (TPSA) is 151 Å². The Labute approximate surface area is 197 Å². The number of nitro groups is 1. The number of carbonyl (C=O) groups excluding carboxylic acids is 2. The highest BCUT2D eigenvalue weighted by molar-refractivity contribution is 7.99. The number of nitrogens with one attached hydrogen (secondary N) is 2. The van der Waals surface area contributed by atoms with Crippen LogP contribution < -0.4 is 20.1 Å². The smallest absolute Gasteiger partial charge is 0.269 e. The van der Waals surface area contributed by atoms with Gasteiger partial charge < -0.3 is 24.7 Å². The Morgan fingerprint density at radius 1 is 1.15 bits per heavy atom. The lowest BCUT2D eigenvalue weighted by Crippen LogP contribution is -2.24. The molecule has 2 aromatic carbocycles. The van der Waals surface area contributed by atoms with E-state index < -0.39 is 4.92 Å². The molecule has 0 fully saturated rings. The van der Waals surface area contributed by atoms with Gasteiger partial charge in [-0.1, -0.05) is 11.8 Å². The first-order valence-corrected chi connectivity index (χ1v) is 11.2. The summed E-state index contributed by atoms with van der Waals surface area (Å²) in [7, 11) is 0. The lowest BCUT2D eigenvalue weighted by Gasteiger charge is -2.09. The fraction of sp³-hybridized carbons (Fsp3) is 0.238. The molecule has 4 rings (SSSR count). The van der Waals surface area contributed by atoms with Gasteiger partial charge in [-0.15, -0.1) is 10.2 Å². The van der Waals surface area contributed by atoms with E-state index in [4.69, 9.17) is 9.47 Å². The number of nitrogens with zero attached hydrogens (tertiary/aromatic N) is 4. The molecule has 2 heterocycles. The number of nitro benzene ring substituents is 1. The zero-order valence-electron chi connectivity index (χ0n) is 18.0. The SMILES string of the molecule is CCn1c(CNC(=O)c2ccc3c(c2)OCO3)nnc1SCC(=O)Nc1ccc([N+](=O)[O-])cc1. The molecular weight excluding hydrogens is 464 g/mol. The summed E-state index contributed by atoms with van der Waals surface area (Å²) in [6, 6.07) is 10.5. The monoisotopic (exact) mass is 484 g/mol. The Hall–Kier alpha value is -4.13. The maximum atomic E-state index is 12.5. The van der Waals surface area contributed by atoms with Crippen LogP contribution in [0.3, 0.4) is 0 Å². The minimum Gasteiger partial charge on any atom is -0.454 e. The van der Waals surface area contributed by atoms with Crippen LogP contribution in [-0.4, -0.2) is 44.0 Å². The van der Waals surface area contributed by atoms with Crippen molar-refractivity contribution in [3.63, 3.8) is 0 Å². The highest BCUT2D eigenvalue weighted by atomic mass is 32.2. The van der Waals surface area contributed by atoms with Crippen LogP contribution in [-0.2, 0) is 17.9 Å². The van der Waals surface area contributed by atoms with E-state index in [1.165, 1.54) is 36.0 Å². The zero-order chi connectivity index (χ0) is 24.1. The third-order valence-electron chi connectivity index (χ3n) is 4.85. The molecule has 2 N–H and O–H groups in total. The molecule has 13 heteroatoms. The second kappa shape index (κ2) is 10.2. The summed E-state index contributed by atoms with van der Waals surface area (Å²) < 4.78 is 12.4. The molecule has 1 aliphatic rings. The van der Waals surface area contributed by atoms with Crippen molar-refractivity contribution in [1.29, 1.82) is 0 Å². The fourth-order valence-corrected chi connectivity index (χ4v) is 3.99. The van der Waals surface area contributed by atoms with Gasteiger partial charge in [-0.2, -0.15) is 0 Å². The van der Waals surface area contributed by atoms with Crippen LogP contribution in [0.15, 0.2) is 47.6 Å². The van der Waals surface area contributed by atoms with Gasteiger partial charge in [0.2, 0.25) is 12.7 Å². The molecule has 2 amide bonds. The summed E-state index contributed by atoms with van der Waals surface area (Å²) in [5, 5.41) is 25.0. The minimum atomic E-state index is -0.506. The number of hydrogen-bond donors (Lipinski definition) is 2. The predicted octanol–water partition coefficient (Wildman–Crippen LogP) is 2.60. The summed E-state index contributed by atoms with van der Waals surface area (Å²) in [4.78, 5) is 35.0. The second-order valence-corrected chi connectivity index (χ2v) is 7.98. The van der Waals surface area contributed by atoms with E-state index in [2.05, 4.69) is 20.8 Å². The van der Waals surface area contributed by atoms with E-state index in [1.54, 1.807) is 18.2 Å². The van der Waals surface area contributed by atoms with Crippen molar-refractivity contribution in [3.8, 4) is 11.5 Å². The van der Waals surface area contributed by atoms with Crippen molar-refractivity contribution in [2.75, 3.05) is 17.9 Å². The van der Waals surface area contributed by atoms with Crippen molar-refractivity contribution >= 4 is 35.0 Å². The quantitative estimate of drug-likeness (QED) is 0.265. The molecule has 12 nitrogen and oxygen atoms in total. The van der Waals surface area contributed by atoms with Crippen LogP contribution in [0.4, 0.5) is 11.4 Å². The number of ether oxygens (including phenoxy) is 2. The first kappa shape index (κ1) is 23.0. The number of fused-ring (bicyclic) bond motifs is 1. The average molecular weight is 484 g/mol. The van der Waals surface area contributed by atoms with Gasteiger partial charge in [0.1, 0.15) is 0 Å². The van der Waals surface area contributed by atoms with Crippen molar-refractivity contribution < 1.29 is 24.0 Å². The Kier molecular flexibility index (Phi) is 6.92. The van der Waals surface area contributed by atoms with Gasteiger partial charge in [-0.25, -0.2) is 0 Å². The first-order chi connectivity index (χ1) is 16.4. The summed E-state index contributed by atoms with van der Waals surface area (Å²) in [5.74, 6) is 1.16. The lowest BCUT2D eigenvalue weighted by molar-refractivity contribution is -0.384. The van der Waals surface area contributed by atoms with E-state index >= 15 is 0 Å². The molecule has 34 heavy (non-hydrogen) atoms. The average Bonchev–Trinajstić information content (AvgIpc) is 3.47. The molecular formula is C21H20N6O6S. The van der Waals surface area contributed by atoms with E-state index in [1.807, 2.05) is 11.5 Å². The number of carbonyl (C=O) groups is 2. The Bertz CT molecular complexity index is 1230. The van der Waals surface area contributed by atoms with Gasteiger partial charge in [-0.05, 0) is 37.3 Å². The van der Waals surface area contributed by atoms with Crippen LogP contribution in [0.5, 0.6) is 11.5 Å². The van der Waals surface area contributed by atoms with Crippen molar-refractivity contribution in [2.45, 2.75) is 25.2 Å². The van der Waals surface area contributed by atoms with Gasteiger partial charge in [0.25, 0.3) is 11.6 Å². The Balaban J connectivity index is 1.31. The zero-order valence-corrected chi connectivity index (χ0v) is 18.8. The molecule has 0 aliphatic carbocycles. The molecule has 0 atom stereocenters. The molecule has 0 saturated carbocycles. The highest BCUT2D eigenvalue weighted by Gasteiger charge is 2.18. The van der Waals surface area contributed by atoms with Gasteiger partial charge in [0.15, 0.2) is 22.5 Å². The predicted molar refractivity (Wildman–Crippen MR) is 122 cm³/mol. The Morgan fingerprint density at radius 3 is 2.65 bits per heavy atom. The van der Waals surface area contributed by atoms with E-state index in [-0.39, 0.29) is 36.6 Å². The summed E-state index contributed by atoms with van der Waals surface area (Å²) in [5.41, 5.74) is 0.839. The standard InChI is InChI=1S/C21H20N6O6S/c1-2-26-18(10-22-20(29)13-3-8-16-17(9-13)33-12-32-16)24-25-21(26)34-11-19(28)23-14-4-6-15(7-5-14)27(30)31/h3-9H,2,10-12H2,1H3,(H,22,29)(H,23,28). The lowest BCUT2D eigenvalue weighted by atomic mass is 10.2. The summed E-state index contributed by atoms with van der Waals surface area (Å²) in [6.07, 6.45) is 0. The van der Waals surface area contributed by atoms with E-state index in [9.17, 15) is 19.7 Å². The largest absolute Gasteiger partial charge is 0.454 e. The van der Waals surface area contributed by atoms with Gasteiger partial charge >= 0.3 is 0 Å². The highest BCUT2D eigenvalue weighted by Crippen LogP contribution is 2.32. The molecule has 0 saturated heterocycles. The number of rotatable bonds is 9. The van der Waals surface area contributed by atoms with Gasteiger partial charge in [-0.3, -0.25) is 19.7 Å². The van der Waals surface area contributed by atoms with E-state index in [0.29, 0.717) is 40.3 Å². The van der Waals surface area contributed by atoms with Crippen LogP contribution in [0.2, 0.25) is 0 Å². The van der Waals surface area contributed by atoms with Crippen LogP contribution in [0, 0.1) is 10.1 Å². The minimum absolute atomic E-state index is 0.0541. The number of hydrogen-bond acceptors (Lipinski definition) is 9. The first-order valence-electron chi connectivity index (χ1n) is 10.2. The molecule has 0 bridgehead atoms. The number of non-ortho nitro benzene ring substituents is 1. The maximum Gasteiger partial charge on any atom is 0.269 e. The van der Waals surface area contributed by atoms with E-state index in [0.717, 1.165) is 0 Å². The van der Waals surface area contributed by atoms with Gasteiger partial charge in [0, 0.05) is 29.9 Å². The number of benzene rings is 2. The number of thioether (sulfide) groups is 1. The second-order valence-electron chi connectivity index (χ2n) is 7.03. The third kappa shape index (κ3) is 5.26. The van der Waals surface area contributed by atoms with Gasteiger partial charge in [0.05, 0.1) is 17.2 Å². The molecule has 0 radical (unpaired) electrons. The molecule has 0 unspecified atom stereocenters. The van der Waals surface area contributed by atoms with Crippen LogP contribution in [0.1, 0.15) is 23.1 Å². The molecule has 0 spiro atoms. The Morgan fingerprint density at radius 2 is 1.91 bits per heavy atom. The third-order valence-corrected chi connectivity index (χ3v) is 5.81. The fourth-order valence-electron chi connectivity index (χ4n) is 3.17. The van der Waals surface area contributed by atoms with Crippen molar-refractivity contribution in [3.05, 3.63) is 64.0 Å². The maximum absolute atomic E-state index is 12.5. The van der Waals surface area contributed by atoms with Crippen LogP contribution >= 0.6 is 11.8 Å². The molecule has 3 aromatic rings. The van der Waals surface area contributed by atoms with Crippen LogP contribution in [0.25, 0.3) is 0 Å². The number of anilines is 1. The number of amides is 2. The van der Waals surface area contributed by atoms with Crippen molar-refractivity contribution in [1.82, 2.24) is 20.1 Å².